The first kappa shape index (κ1) is 13.5. The van der Waals surface area contributed by atoms with E-state index in [-0.39, 0.29) is 12.5 Å². The van der Waals surface area contributed by atoms with Crippen LogP contribution in [-0.4, -0.2) is 32.6 Å². The molecule has 17 heavy (non-hydrogen) atoms. The minimum atomic E-state index is -0.498. The van der Waals surface area contributed by atoms with Gasteiger partial charge in [0, 0.05) is 5.56 Å². The molecule has 0 heterocycles. The third-order valence-electron chi connectivity index (χ3n) is 2.03. The molecule has 92 valence electrons. The lowest BCUT2D eigenvalue weighted by Gasteiger charge is -2.07. The number of nitrogens with one attached hydrogen (secondary N) is 1. The molecule has 0 aliphatic rings. The largest absolute Gasteiger partial charge is 0.496 e. The second kappa shape index (κ2) is 6.24. The molecular weight excluding hydrogens is 290 g/mol. The monoisotopic (exact) mass is 301 g/mol. The van der Waals surface area contributed by atoms with Gasteiger partial charge in [-0.2, -0.15) is 0 Å². The van der Waals surface area contributed by atoms with Gasteiger partial charge >= 0.3 is 5.97 Å². The van der Waals surface area contributed by atoms with E-state index < -0.39 is 5.97 Å². The number of rotatable bonds is 4. The molecule has 0 aliphatic carbocycles. The van der Waals surface area contributed by atoms with E-state index in [2.05, 4.69) is 26.0 Å². The fraction of sp³-hybridized carbons (Fsp3) is 0.273. The Morgan fingerprint density at radius 1 is 1.35 bits per heavy atom. The molecule has 1 aromatic rings. The maximum atomic E-state index is 11.7. The number of carbonyl (C=O) groups excluding carboxylic acids is 2. The van der Waals surface area contributed by atoms with E-state index in [1.54, 1.807) is 18.2 Å². The van der Waals surface area contributed by atoms with Crippen molar-refractivity contribution in [1.82, 2.24) is 5.32 Å². The minimum absolute atomic E-state index is 0.159. The van der Waals surface area contributed by atoms with Gasteiger partial charge in [-0.25, -0.2) is 0 Å². The number of halogens is 1. The third-order valence-corrected chi connectivity index (χ3v) is 2.69. The van der Waals surface area contributed by atoms with E-state index in [1.807, 2.05) is 0 Å². The van der Waals surface area contributed by atoms with Crippen molar-refractivity contribution in [3.8, 4) is 5.75 Å². The number of methoxy groups -OCH3 is 2. The predicted molar refractivity (Wildman–Crippen MR) is 65.0 cm³/mol. The zero-order valence-electron chi connectivity index (χ0n) is 9.45. The summed E-state index contributed by atoms with van der Waals surface area (Å²) < 4.78 is 10.2. The van der Waals surface area contributed by atoms with Gasteiger partial charge in [0.15, 0.2) is 0 Å². The smallest absolute Gasteiger partial charge is 0.325 e. The van der Waals surface area contributed by atoms with Gasteiger partial charge in [-0.15, -0.1) is 0 Å². The van der Waals surface area contributed by atoms with Crippen molar-refractivity contribution in [2.45, 2.75) is 0 Å². The highest BCUT2D eigenvalue weighted by atomic mass is 79.9. The number of benzene rings is 1. The third kappa shape index (κ3) is 3.74. The SMILES string of the molecule is COC(=O)CNC(=O)c1ccc(Br)c(OC)c1. The van der Waals surface area contributed by atoms with Gasteiger partial charge in [-0.05, 0) is 34.1 Å². The summed E-state index contributed by atoms with van der Waals surface area (Å²) in [6, 6.07) is 4.90. The van der Waals surface area contributed by atoms with Crippen LogP contribution in [0.4, 0.5) is 0 Å². The van der Waals surface area contributed by atoms with E-state index in [0.29, 0.717) is 11.3 Å². The summed E-state index contributed by atoms with van der Waals surface area (Å²) in [4.78, 5) is 22.5. The fourth-order valence-electron chi connectivity index (χ4n) is 1.13. The van der Waals surface area contributed by atoms with Gasteiger partial charge in [0.1, 0.15) is 12.3 Å². The second-order valence-electron chi connectivity index (χ2n) is 3.11. The van der Waals surface area contributed by atoms with Crippen LogP contribution in [0.5, 0.6) is 5.75 Å². The molecule has 0 saturated carbocycles. The highest BCUT2D eigenvalue weighted by molar-refractivity contribution is 9.10. The van der Waals surface area contributed by atoms with Gasteiger partial charge in [0.25, 0.3) is 5.91 Å². The zero-order valence-corrected chi connectivity index (χ0v) is 11.0. The molecule has 0 fully saturated rings. The quantitative estimate of drug-likeness (QED) is 0.853. The van der Waals surface area contributed by atoms with Gasteiger partial charge in [0.05, 0.1) is 18.7 Å². The van der Waals surface area contributed by atoms with Gasteiger partial charge in [0.2, 0.25) is 0 Å². The summed E-state index contributed by atoms with van der Waals surface area (Å²) >= 11 is 3.28. The van der Waals surface area contributed by atoms with E-state index in [0.717, 1.165) is 4.47 Å². The molecule has 0 spiro atoms. The summed E-state index contributed by atoms with van der Waals surface area (Å²) in [5, 5.41) is 2.44. The second-order valence-corrected chi connectivity index (χ2v) is 3.96. The minimum Gasteiger partial charge on any atom is -0.496 e. The molecule has 0 aromatic heterocycles. The van der Waals surface area contributed by atoms with Crippen LogP contribution < -0.4 is 10.1 Å². The summed E-state index contributed by atoms with van der Waals surface area (Å²) in [7, 11) is 2.77. The van der Waals surface area contributed by atoms with Crippen molar-refractivity contribution in [1.29, 1.82) is 0 Å². The van der Waals surface area contributed by atoms with Crippen LogP contribution in [0, 0.1) is 0 Å². The lowest BCUT2D eigenvalue weighted by Crippen LogP contribution is -2.30. The Labute approximate surface area is 107 Å². The average molecular weight is 302 g/mol. The Balaban J connectivity index is 2.72. The summed E-state index contributed by atoms with van der Waals surface area (Å²) in [5.41, 5.74) is 0.411. The molecule has 5 nitrogen and oxygen atoms in total. The Bertz CT molecular complexity index is 433. The van der Waals surface area contributed by atoms with Gasteiger partial charge < -0.3 is 14.8 Å². The highest BCUT2D eigenvalue weighted by Crippen LogP contribution is 2.25. The number of amides is 1. The molecule has 0 aliphatic heterocycles. The van der Waals surface area contributed by atoms with Gasteiger partial charge in [-0.3, -0.25) is 9.59 Å². The Morgan fingerprint density at radius 3 is 2.65 bits per heavy atom. The molecule has 0 radical (unpaired) electrons. The van der Waals surface area contributed by atoms with Crippen molar-refractivity contribution in [2.24, 2.45) is 0 Å². The molecular formula is C11H12BrNO4. The van der Waals surface area contributed by atoms with Crippen LogP contribution in [0.2, 0.25) is 0 Å². The summed E-state index contributed by atoms with van der Waals surface area (Å²) in [6.07, 6.45) is 0. The van der Waals surface area contributed by atoms with E-state index >= 15 is 0 Å². The zero-order chi connectivity index (χ0) is 12.8. The van der Waals surface area contributed by atoms with E-state index in [9.17, 15) is 9.59 Å². The molecule has 0 saturated heterocycles. The maximum absolute atomic E-state index is 11.7. The lowest BCUT2D eigenvalue weighted by atomic mass is 10.2. The number of hydrogen-bond acceptors (Lipinski definition) is 4. The van der Waals surface area contributed by atoms with Crippen LogP contribution in [0.1, 0.15) is 10.4 Å². The molecule has 1 rings (SSSR count). The fourth-order valence-corrected chi connectivity index (χ4v) is 1.54. The maximum Gasteiger partial charge on any atom is 0.325 e. The van der Waals surface area contributed by atoms with Crippen LogP contribution in [0.15, 0.2) is 22.7 Å². The van der Waals surface area contributed by atoms with Crippen LogP contribution in [0.3, 0.4) is 0 Å². The first-order valence-corrected chi connectivity index (χ1v) is 5.56. The molecule has 1 aromatic carbocycles. The normalized spacial score (nSPS) is 9.59. The van der Waals surface area contributed by atoms with Crippen molar-refractivity contribution < 1.29 is 19.1 Å². The van der Waals surface area contributed by atoms with Gasteiger partial charge in [-0.1, -0.05) is 0 Å². The number of hydrogen-bond donors (Lipinski definition) is 1. The molecule has 0 bridgehead atoms. The topological polar surface area (TPSA) is 64.6 Å². The van der Waals surface area contributed by atoms with Crippen molar-refractivity contribution >= 4 is 27.8 Å². The average Bonchev–Trinajstić information content (AvgIpc) is 2.35. The Hall–Kier alpha value is -1.56. The molecule has 1 N–H and O–H groups in total. The van der Waals surface area contributed by atoms with Crippen LogP contribution in [-0.2, 0) is 9.53 Å². The van der Waals surface area contributed by atoms with Crippen LogP contribution >= 0.6 is 15.9 Å². The van der Waals surface area contributed by atoms with Crippen molar-refractivity contribution in [3.63, 3.8) is 0 Å². The Morgan fingerprint density at radius 2 is 2.06 bits per heavy atom. The Kier molecular flexibility index (Phi) is 4.96. The number of ether oxygens (including phenoxy) is 2. The van der Waals surface area contributed by atoms with Crippen molar-refractivity contribution in [2.75, 3.05) is 20.8 Å². The number of carbonyl (C=O) groups is 2. The summed E-state index contributed by atoms with van der Waals surface area (Å²) in [5.74, 6) is -0.306. The first-order valence-electron chi connectivity index (χ1n) is 4.77. The molecule has 1 amide bonds. The van der Waals surface area contributed by atoms with E-state index in [4.69, 9.17) is 4.74 Å². The van der Waals surface area contributed by atoms with Crippen molar-refractivity contribution in [3.05, 3.63) is 28.2 Å². The molecule has 0 atom stereocenters. The number of esters is 1. The highest BCUT2D eigenvalue weighted by Gasteiger charge is 2.10. The standard InChI is InChI=1S/C11H12BrNO4/c1-16-9-5-7(3-4-8(9)12)11(15)13-6-10(14)17-2/h3-5H,6H2,1-2H3,(H,13,15). The molecule has 0 unspecified atom stereocenters. The predicted octanol–water partition coefficient (Wildman–Crippen LogP) is 1.36. The molecule has 6 heteroatoms. The lowest BCUT2D eigenvalue weighted by molar-refractivity contribution is -0.139. The van der Waals surface area contributed by atoms with Crippen LogP contribution in [0.25, 0.3) is 0 Å². The summed E-state index contributed by atoms with van der Waals surface area (Å²) in [6.45, 7) is -0.159. The first-order chi connectivity index (χ1) is 8.08. The van der Waals surface area contributed by atoms with E-state index in [1.165, 1.54) is 14.2 Å².